The van der Waals surface area contributed by atoms with E-state index in [1.165, 1.54) is 38.0 Å². The molecule has 5 nitrogen and oxygen atoms in total. The topological polar surface area (TPSA) is 60.5 Å². The number of rotatable bonds is 9. The zero-order valence-corrected chi connectivity index (χ0v) is 19.1. The minimum Gasteiger partial charge on any atom is -0.496 e. The molecule has 1 aliphatic heterocycles. The Kier molecular flexibility index (Phi) is 7.59. The third-order valence-corrected chi connectivity index (χ3v) is 6.42. The number of methoxy groups -OCH3 is 1. The highest BCUT2D eigenvalue weighted by Gasteiger charge is 2.25. The molecule has 0 aliphatic carbocycles. The van der Waals surface area contributed by atoms with Crippen LogP contribution in [0.25, 0.3) is 11.1 Å². The lowest BCUT2D eigenvalue weighted by Crippen LogP contribution is -2.33. The molecule has 164 valence electrons. The van der Waals surface area contributed by atoms with Crippen molar-refractivity contribution in [3.05, 3.63) is 40.7 Å². The molecule has 0 saturated carbocycles. The molecule has 2 aromatic rings. The van der Waals surface area contributed by atoms with Crippen LogP contribution in [0.3, 0.4) is 0 Å². The molecule has 1 saturated heterocycles. The number of carbonyl (C=O) groups is 1. The van der Waals surface area contributed by atoms with E-state index >= 15 is 0 Å². The minimum absolute atomic E-state index is 0.342. The van der Waals surface area contributed by atoms with Gasteiger partial charge in [0.05, 0.1) is 12.7 Å². The molecule has 30 heavy (non-hydrogen) atoms. The maximum absolute atomic E-state index is 12.5. The fourth-order valence-corrected chi connectivity index (χ4v) is 4.78. The third-order valence-electron chi connectivity index (χ3n) is 6.42. The molecule has 3 rings (SSSR count). The molecule has 2 N–H and O–H groups in total. The van der Waals surface area contributed by atoms with Gasteiger partial charge in [0.1, 0.15) is 5.75 Å². The number of ether oxygens (including phenoxy) is 1. The van der Waals surface area contributed by atoms with E-state index in [0.29, 0.717) is 5.56 Å². The summed E-state index contributed by atoms with van der Waals surface area (Å²) >= 11 is 0. The van der Waals surface area contributed by atoms with Crippen LogP contribution in [0.4, 0.5) is 0 Å². The first-order valence-corrected chi connectivity index (χ1v) is 11.4. The van der Waals surface area contributed by atoms with Crippen LogP contribution in [0.5, 0.6) is 5.75 Å². The van der Waals surface area contributed by atoms with Crippen LogP contribution in [0.15, 0.2) is 18.2 Å². The summed E-state index contributed by atoms with van der Waals surface area (Å²) in [4.78, 5) is 15.1. The minimum atomic E-state index is -0.342. The Morgan fingerprint density at radius 1 is 1.13 bits per heavy atom. The van der Waals surface area contributed by atoms with Gasteiger partial charge in [-0.05, 0) is 75.9 Å². The molecule has 1 fully saturated rings. The smallest absolute Gasteiger partial charge is 0.251 e. The number of nitrogens with two attached hydrogens (primary N) is 1. The van der Waals surface area contributed by atoms with E-state index in [4.69, 9.17) is 10.5 Å². The van der Waals surface area contributed by atoms with Crippen molar-refractivity contribution in [2.45, 2.75) is 65.8 Å². The molecular formula is C25H37N3O2. The van der Waals surface area contributed by atoms with Crippen LogP contribution in [-0.2, 0) is 13.0 Å². The number of benzene rings is 1. The summed E-state index contributed by atoms with van der Waals surface area (Å²) in [6.07, 6.45) is 7.07. The fourth-order valence-electron chi connectivity index (χ4n) is 4.78. The van der Waals surface area contributed by atoms with Gasteiger partial charge in [0, 0.05) is 30.0 Å². The summed E-state index contributed by atoms with van der Waals surface area (Å²) in [7, 11) is 1.69. The summed E-state index contributed by atoms with van der Waals surface area (Å²) in [6.45, 7) is 10.6. The Morgan fingerprint density at radius 2 is 1.87 bits per heavy atom. The van der Waals surface area contributed by atoms with Crippen molar-refractivity contribution in [3.8, 4) is 16.9 Å². The maximum atomic E-state index is 12.5. The standard InChI is InChI=1S/C25H37N3O2/c1-5-6-10-21-24(20-11-12-22(30-4)18(2)17-20)23(25(26)29)19(3)28(21)16-15-27-13-8-7-9-14-27/h11-12,17H,5-10,13-16H2,1-4H3,(H2,26,29). The van der Waals surface area contributed by atoms with Crippen molar-refractivity contribution in [2.75, 3.05) is 26.7 Å². The highest BCUT2D eigenvalue weighted by molar-refractivity contribution is 6.02. The van der Waals surface area contributed by atoms with Crippen molar-refractivity contribution in [3.63, 3.8) is 0 Å². The van der Waals surface area contributed by atoms with Crippen molar-refractivity contribution < 1.29 is 9.53 Å². The molecule has 0 spiro atoms. The van der Waals surface area contributed by atoms with Gasteiger partial charge in [-0.2, -0.15) is 0 Å². The lowest BCUT2D eigenvalue weighted by atomic mass is 9.96. The van der Waals surface area contributed by atoms with E-state index in [-0.39, 0.29) is 5.91 Å². The van der Waals surface area contributed by atoms with Gasteiger partial charge in [0.2, 0.25) is 0 Å². The average Bonchev–Trinajstić information content (AvgIpc) is 3.02. The Bertz CT molecular complexity index is 879. The lowest BCUT2D eigenvalue weighted by Gasteiger charge is -2.27. The van der Waals surface area contributed by atoms with Gasteiger partial charge in [-0.15, -0.1) is 0 Å². The van der Waals surface area contributed by atoms with Crippen LogP contribution in [-0.4, -0.2) is 42.1 Å². The Balaban J connectivity index is 2.06. The second-order valence-electron chi connectivity index (χ2n) is 8.49. The van der Waals surface area contributed by atoms with Crippen molar-refractivity contribution in [2.24, 2.45) is 5.73 Å². The number of primary amides is 1. The van der Waals surface area contributed by atoms with Crippen molar-refractivity contribution in [1.29, 1.82) is 0 Å². The van der Waals surface area contributed by atoms with E-state index < -0.39 is 0 Å². The lowest BCUT2D eigenvalue weighted by molar-refractivity contribution is 0.1000. The number of unbranched alkanes of at least 4 members (excludes halogenated alkanes) is 1. The molecule has 5 heteroatoms. The molecule has 0 unspecified atom stereocenters. The highest BCUT2D eigenvalue weighted by Crippen LogP contribution is 2.36. The van der Waals surface area contributed by atoms with Gasteiger partial charge in [-0.1, -0.05) is 25.8 Å². The first-order chi connectivity index (χ1) is 14.5. The number of carbonyl (C=O) groups excluding carboxylic acids is 1. The quantitative estimate of drug-likeness (QED) is 0.650. The predicted molar refractivity (Wildman–Crippen MR) is 123 cm³/mol. The molecule has 0 radical (unpaired) electrons. The zero-order valence-electron chi connectivity index (χ0n) is 19.1. The Morgan fingerprint density at radius 3 is 2.47 bits per heavy atom. The predicted octanol–water partition coefficient (Wildman–Crippen LogP) is 4.71. The van der Waals surface area contributed by atoms with Crippen LogP contribution >= 0.6 is 0 Å². The first-order valence-electron chi connectivity index (χ1n) is 11.4. The van der Waals surface area contributed by atoms with Gasteiger partial charge in [0.15, 0.2) is 0 Å². The zero-order chi connectivity index (χ0) is 21.7. The molecule has 0 atom stereocenters. The van der Waals surface area contributed by atoms with E-state index in [0.717, 1.165) is 60.5 Å². The number of aromatic nitrogens is 1. The van der Waals surface area contributed by atoms with Crippen molar-refractivity contribution >= 4 is 5.91 Å². The number of amides is 1. The number of aryl methyl sites for hydroxylation is 1. The van der Waals surface area contributed by atoms with E-state index in [1.807, 2.05) is 19.9 Å². The summed E-state index contributed by atoms with van der Waals surface area (Å²) in [5.41, 5.74) is 11.9. The van der Waals surface area contributed by atoms with E-state index in [1.54, 1.807) is 7.11 Å². The number of hydrogen-bond acceptors (Lipinski definition) is 3. The largest absolute Gasteiger partial charge is 0.496 e. The molecule has 1 amide bonds. The second kappa shape index (κ2) is 10.2. The first kappa shape index (κ1) is 22.4. The summed E-state index contributed by atoms with van der Waals surface area (Å²) in [5.74, 6) is 0.515. The molecule has 2 heterocycles. The summed E-state index contributed by atoms with van der Waals surface area (Å²) in [5, 5.41) is 0. The van der Waals surface area contributed by atoms with E-state index in [2.05, 4.69) is 28.5 Å². The van der Waals surface area contributed by atoms with E-state index in [9.17, 15) is 4.79 Å². The second-order valence-corrected chi connectivity index (χ2v) is 8.49. The normalized spacial score (nSPS) is 14.8. The molecule has 1 aliphatic rings. The van der Waals surface area contributed by atoms with Crippen molar-refractivity contribution in [1.82, 2.24) is 9.47 Å². The molecule has 1 aromatic carbocycles. The Labute approximate surface area is 181 Å². The SMILES string of the molecule is CCCCc1c(-c2ccc(OC)c(C)c2)c(C(N)=O)c(C)n1CCN1CCCCC1. The highest BCUT2D eigenvalue weighted by atomic mass is 16.5. The number of likely N-dealkylation sites (tertiary alicyclic amines) is 1. The molecule has 0 bridgehead atoms. The number of nitrogens with zero attached hydrogens (tertiary/aromatic N) is 2. The van der Waals surface area contributed by atoms with Crippen LogP contribution in [0.1, 0.15) is 66.3 Å². The van der Waals surface area contributed by atoms with Crippen LogP contribution < -0.4 is 10.5 Å². The van der Waals surface area contributed by atoms with Gasteiger partial charge in [-0.25, -0.2) is 0 Å². The molecular weight excluding hydrogens is 374 g/mol. The van der Waals surface area contributed by atoms with Gasteiger partial charge in [-0.3, -0.25) is 4.79 Å². The molecule has 1 aromatic heterocycles. The summed E-state index contributed by atoms with van der Waals surface area (Å²) < 4.78 is 7.80. The maximum Gasteiger partial charge on any atom is 0.251 e. The van der Waals surface area contributed by atoms with Crippen LogP contribution in [0, 0.1) is 13.8 Å². The summed E-state index contributed by atoms with van der Waals surface area (Å²) in [6, 6.07) is 6.15. The fraction of sp³-hybridized carbons (Fsp3) is 0.560. The third kappa shape index (κ3) is 4.72. The van der Waals surface area contributed by atoms with Gasteiger partial charge >= 0.3 is 0 Å². The van der Waals surface area contributed by atoms with Gasteiger partial charge in [0.25, 0.3) is 5.91 Å². The average molecular weight is 412 g/mol. The van der Waals surface area contributed by atoms with Crippen LogP contribution in [0.2, 0.25) is 0 Å². The number of hydrogen-bond donors (Lipinski definition) is 1. The number of piperidine rings is 1. The Hall–Kier alpha value is -2.27. The van der Waals surface area contributed by atoms with Gasteiger partial charge < -0.3 is 19.9 Å². The monoisotopic (exact) mass is 411 g/mol.